The number of benzene rings is 2. The van der Waals surface area contributed by atoms with Crippen molar-refractivity contribution in [3.8, 4) is 17.0 Å². The maximum Gasteiger partial charge on any atom is 0.319 e. The summed E-state index contributed by atoms with van der Waals surface area (Å²) < 4.78 is 26.0. The minimum Gasteiger partial charge on any atom is -0.497 e. The number of anilines is 1. The highest BCUT2D eigenvalue weighted by molar-refractivity contribution is 5.89. The molecule has 1 aromatic heterocycles. The van der Waals surface area contributed by atoms with Gasteiger partial charge in [-0.15, -0.1) is 5.10 Å². The van der Waals surface area contributed by atoms with Crippen molar-refractivity contribution in [2.45, 2.75) is 44.1 Å². The highest BCUT2D eigenvalue weighted by Crippen LogP contribution is 2.24. The van der Waals surface area contributed by atoms with Gasteiger partial charge >= 0.3 is 6.03 Å². The first-order chi connectivity index (χ1) is 16.5. The Bertz CT molecular complexity index is 1070. The van der Waals surface area contributed by atoms with E-state index in [1.54, 1.807) is 11.8 Å². The minimum absolute atomic E-state index is 0.0657. The zero-order chi connectivity index (χ0) is 23.9. The van der Waals surface area contributed by atoms with Gasteiger partial charge in [0.1, 0.15) is 23.4 Å². The molecule has 0 saturated carbocycles. The molecule has 0 spiro atoms. The molecule has 3 N–H and O–H groups in total. The molecule has 2 aromatic carbocycles. The molecular weight excluding hydrogens is 441 g/mol. The summed E-state index contributed by atoms with van der Waals surface area (Å²) in [4.78, 5) is 12.3. The lowest BCUT2D eigenvalue weighted by Gasteiger charge is -2.36. The Kier molecular flexibility index (Phi) is 7.71. The van der Waals surface area contributed by atoms with Crippen LogP contribution in [0.3, 0.4) is 0 Å². The predicted octanol–water partition coefficient (Wildman–Crippen LogP) is 3.21. The lowest BCUT2D eigenvalue weighted by atomic mass is 9.97. The van der Waals surface area contributed by atoms with Crippen molar-refractivity contribution in [1.29, 1.82) is 0 Å². The maximum absolute atomic E-state index is 13.0. The molecule has 3 aromatic rings. The fourth-order valence-electron chi connectivity index (χ4n) is 3.96. The number of carbonyl (C=O) groups is 1. The van der Waals surface area contributed by atoms with E-state index in [4.69, 9.17) is 9.47 Å². The summed E-state index contributed by atoms with van der Waals surface area (Å²) in [5, 5.41) is 23.7. The number of ether oxygens (including phenoxy) is 2. The van der Waals surface area contributed by atoms with Gasteiger partial charge in [-0.25, -0.2) is 9.18 Å². The molecule has 0 unspecified atom stereocenters. The Balaban J connectivity index is 1.25. The molecule has 2 heterocycles. The van der Waals surface area contributed by atoms with Gasteiger partial charge in [-0.2, -0.15) is 0 Å². The van der Waals surface area contributed by atoms with E-state index in [-0.39, 0.29) is 24.6 Å². The highest BCUT2D eigenvalue weighted by Gasteiger charge is 2.31. The van der Waals surface area contributed by atoms with Crippen molar-refractivity contribution in [3.63, 3.8) is 0 Å². The fourth-order valence-corrected chi connectivity index (χ4v) is 3.96. The van der Waals surface area contributed by atoms with Gasteiger partial charge in [0.2, 0.25) is 0 Å². The van der Waals surface area contributed by atoms with Crippen LogP contribution in [0.15, 0.2) is 54.7 Å². The molecule has 180 valence electrons. The topological polar surface area (TPSA) is 111 Å². The van der Waals surface area contributed by atoms with E-state index in [9.17, 15) is 14.3 Å². The van der Waals surface area contributed by atoms with E-state index < -0.39 is 12.1 Å². The first kappa shape index (κ1) is 23.7. The van der Waals surface area contributed by atoms with E-state index in [2.05, 4.69) is 20.9 Å². The summed E-state index contributed by atoms with van der Waals surface area (Å²) in [6, 6.07) is 12.4. The number of urea groups is 1. The fraction of sp³-hybridized carbons (Fsp3) is 0.375. The second-order valence-electron chi connectivity index (χ2n) is 8.15. The Morgan fingerprint density at radius 3 is 2.68 bits per heavy atom. The highest BCUT2D eigenvalue weighted by atomic mass is 19.1. The first-order valence-corrected chi connectivity index (χ1v) is 11.2. The van der Waals surface area contributed by atoms with E-state index >= 15 is 0 Å². The molecule has 34 heavy (non-hydrogen) atoms. The molecule has 3 atom stereocenters. The van der Waals surface area contributed by atoms with Crippen molar-refractivity contribution < 1.29 is 23.8 Å². The molecule has 1 saturated heterocycles. The van der Waals surface area contributed by atoms with Crippen molar-refractivity contribution in [3.05, 3.63) is 60.5 Å². The summed E-state index contributed by atoms with van der Waals surface area (Å²) in [7, 11) is 1.63. The number of carbonyl (C=O) groups excluding carboxylic acids is 1. The summed E-state index contributed by atoms with van der Waals surface area (Å²) >= 11 is 0. The number of methoxy groups -OCH3 is 1. The molecule has 1 aliphatic rings. The Labute approximate surface area is 196 Å². The van der Waals surface area contributed by atoms with Gasteiger partial charge in [-0.05, 0) is 67.8 Å². The predicted molar refractivity (Wildman–Crippen MR) is 124 cm³/mol. The average Bonchev–Trinajstić information content (AvgIpc) is 3.34. The van der Waals surface area contributed by atoms with Crippen molar-refractivity contribution >= 4 is 11.7 Å². The van der Waals surface area contributed by atoms with E-state index in [1.165, 1.54) is 24.3 Å². The molecule has 9 nitrogen and oxygen atoms in total. The molecule has 2 amide bonds. The number of nitrogens with one attached hydrogen (secondary N) is 2. The second kappa shape index (κ2) is 11.1. The number of hydrogen-bond acceptors (Lipinski definition) is 6. The van der Waals surface area contributed by atoms with Crippen LogP contribution in [-0.4, -0.2) is 58.1 Å². The summed E-state index contributed by atoms with van der Waals surface area (Å²) in [5.41, 5.74) is 2.21. The second-order valence-corrected chi connectivity index (χ2v) is 8.15. The average molecular weight is 470 g/mol. The van der Waals surface area contributed by atoms with Crippen LogP contribution >= 0.6 is 0 Å². The number of rotatable bonds is 8. The van der Waals surface area contributed by atoms with Gasteiger partial charge in [0.05, 0.1) is 32.1 Å². The quantitative estimate of drug-likeness (QED) is 0.467. The standard InChI is InChI=1S/C24H28FN5O4/c1-33-19-8-2-16(3-9-19)22-14-30(29-28-22)13-12-20-10-11-21(23(15-31)34-20)27-24(32)26-18-6-4-17(25)5-7-18/h2-9,14,20-21,23,31H,10-13,15H2,1H3,(H2,26,27,32)/t20-,21-,23+/m1/s1. The van der Waals surface area contributed by atoms with Crippen LogP contribution in [0.4, 0.5) is 14.9 Å². The number of hydrogen-bond donors (Lipinski definition) is 3. The van der Waals surface area contributed by atoms with Crippen molar-refractivity contribution in [2.24, 2.45) is 0 Å². The third-order valence-corrected chi connectivity index (χ3v) is 5.82. The zero-order valence-corrected chi connectivity index (χ0v) is 18.9. The zero-order valence-electron chi connectivity index (χ0n) is 18.9. The smallest absolute Gasteiger partial charge is 0.319 e. The Morgan fingerprint density at radius 1 is 1.21 bits per heavy atom. The normalized spacial score (nSPS) is 20.0. The van der Waals surface area contributed by atoms with Gasteiger partial charge in [0.25, 0.3) is 0 Å². The third kappa shape index (κ3) is 6.09. The van der Waals surface area contributed by atoms with Crippen LogP contribution < -0.4 is 15.4 Å². The monoisotopic (exact) mass is 469 g/mol. The van der Waals surface area contributed by atoms with Crippen LogP contribution in [0.25, 0.3) is 11.3 Å². The molecule has 10 heteroatoms. The van der Waals surface area contributed by atoms with Crippen LogP contribution in [0.5, 0.6) is 5.75 Å². The van der Waals surface area contributed by atoms with Crippen molar-refractivity contribution in [1.82, 2.24) is 20.3 Å². The summed E-state index contributed by atoms with van der Waals surface area (Å²) in [6.45, 7) is 0.415. The number of amides is 2. The largest absolute Gasteiger partial charge is 0.497 e. The van der Waals surface area contributed by atoms with Gasteiger partial charge in [-0.1, -0.05) is 5.21 Å². The number of aliphatic hydroxyl groups is 1. The van der Waals surface area contributed by atoms with Gasteiger partial charge in [0, 0.05) is 17.8 Å². The van der Waals surface area contributed by atoms with Gasteiger partial charge < -0.3 is 25.2 Å². The van der Waals surface area contributed by atoms with E-state index in [0.717, 1.165) is 23.4 Å². The molecular formula is C24H28FN5O4. The van der Waals surface area contributed by atoms with Gasteiger partial charge in [0.15, 0.2) is 0 Å². The summed E-state index contributed by atoms with van der Waals surface area (Å²) in [6.07, 6.45) is 3.42. The minimum atomic E-state index is -0.511. The lowest BCUT2D eigenvalue weighted by Crippen LogP contribution is -2.52. The molecule has 0 aliphatic carbocycles. The van der Waals surface area contributed by atoms with Crippen LogP contribution in [0, 0.1) is 5.82 Å². The Morgan fingerprint density at radius 2 is 1.97 bits per heavy atom. The first-order valence-electron chi connectivity index (χ1n) is 11.2. The number of halogens is 1. The van der Waals surface area contributed by atoms with Crippen LogP contribution in [-0.2, 0) is 11.3 Å². The molecule has 4 rings (SSSR count). The lowest BCUT2D eigenvalue weighted by molar-refractivity contribution is -0.0905. The van der Waals surface area contributed by atoms with Gasteiger partial charge in [-0.3, -0.25) is 4.68 Å². The SMILES string of the molecule is COc1ccc(-c2cn(CC[C@H]3CC[C@@H](NC(=O)Nc4ccc(F)cc4)[C@H](CO)O3)nn2)cc1. The van der Waals surface area contributed by atoms with E-state index in [1.807, 2.05) is 30.5 Å². The van der Waals surface area contributed by atoms with Crippen LogP contribution in [0.2, 0.25) is 0 Å². The molecule has 1 aliphatic heterocycles. The number of aliphatic hydroxyl groups excluding tert-OH is 1. The number of aryl methyl sites for hydroxylation is 1. The molecule has 0 bridgehead atoms. The molecule has 1 fully saturated rings. The summed E-state index contributed by atoms with van der Waals surface area (Å²) in [5.74, 6) is 0.408. The number of nitrogens with zero attached hydrogens (tertiary/aromatic N) is 3. The van der Waals surface area contributed by atoms with E-state index in [0.29, 0.717) is 25.1 Å². The Hall–Kier alpha value is -3.50. The molecule has 0 radical (unpaired) electrons. The third-order valence-electron chi connectivity index (χ3n) is 5.82. The van der Waals surface area contributed by atoms with Crippen LogP contribution in [0.1, 0.15) is 19.3 Å². The maximum atomic E-state index is 13.0. The van der Waals surface area contributed by atoms with Crippen molar-refractivity contribution in [2.75, 3.05) is 19.0 Å². The number of aromatic nitrogens is 3.